The van der Waals surface area contributed by atoms with E-state index in [-0.39, 0.29) is 24.8 Å². The Morgan fingerprint density at radius 3 is 2.50 bits per heavy atom. The van der Waals surface area contributed by atoms with E-state index in [4.69, 9.17) is 11.1 Å². The Balaban J connectivity index is 1.83. The molecule has 3 rings (SSSR count). The summed E-state index contributed by atoms with van der Waals surface area (Å²) in [6.45, 7) is 5.50. The van der Waals surface area contributed by atoms with Crippen molar-refractivity contribution < 1.29 is 14.4 Å². The van der Waals surface area contributed by atoms with Gasteiger partial charge in [0, 0.05) is 43.7 Å². The molecule has 1 fully saturated rings. The number of aryl methyl sites for hydroxylation is 2. The second kappa shape index (κ2) is 12.3. The maximum absolute atomic E-state index is 13.9. The smallest absolute Gasteiger partial charge is 0.245 e. The van der Waals surface area contributed by atoms with Crippen LogP contribution in [-0.2, 0) is 27.2 Å². The molecule has 9 nitrogen and oxygen atoms in total. The van der Waals surface area contributed by atoms with Crippen molar-refractivity contribution in [3.63, 3.8) is 0 Å². The lowest BCUT2D eigenvalue weighted by Gasteiger charge is -2.43. The van der Waals surface area contributed by atoms with Crippen LogP contribution in [0.25, 0.3) is 0 Å². The number of carbonyl (C=O) groups excluding carboxylic acids is 3. The summed E-state index contributed by atoms with van der Waals surface area (Å²) in [7, 11) is 1.55. The molecule has 0 unspecified atom stereocenters. The first-order valence-corrected chi connectivity index (χ1v) is 13.1. The van der Waals surface area contributed by atoms with Crippen molar-refractivity contribution in [1.82, 2.24) is 20.5 Å². The molecule has 0 spiro atoms. The van der Waals surface area contributed by atoms with Crippen molar-refractivity contribution >= 4 is 23.4 Å². The number of pyridine rings is 1. The largest absolute Gasteiger partial charge is 0.358 e. The van der Waals surface area contributed by atoms with Gasteiger partial charge < -0.3 is 26.7 Å². The Bertz CT molecular complexity index is 1150. The van der Waals surface area contributed by atoms with Gasteiger partial charge in [-0.05, 0) is 64.2 Å². The highest BCUT2D eigenvalue weighted by Crippen LogP contribution is 2.32. The zero-order chi connectivity index (χ0) is 27.9. The van der Waals surface area contributed by atoms with Crippen LogP contribution in [0.2, 0.25) is 0 Å². The molecule has 2 heterocycles. The third-order valence-electron chi connectivity index (χ3n) is 7.05. The lowest BCUT2D eigenvalue weighted by Crippen LogP contribution is -2.62. The predicted octanol–water partition coefficient (Wildman–Crippen LogP) is 2.16. The number of amides is 3. The van der Waals surface area contributed by atoms with Crippen molar-refractivity contribution in [2.45, 2.75) is 64.5 Å². The molecule has 0 aliphatic carbocycles. The first-order valence-electron chi connectivity index (χ1n) is 13.1. The van der Waals surface area contributed by atoms with E-state index in [2.05, 4.69) is 15.6 Å². The number of benzene rings is 1. The molecule has 1 aliphatic rings. The Labute approximate surface area is 225 Å². The average Bonchev–Trinajstić information content (AvgIpc) is 2.88. The first-order chi connectivity index (χ1) is 18.0. The Morgan fingerprint density at radius 2 is 1.87 bits per heavy atom. The van der Waals surface area contributed by atoms with Crippen LogP contribution in [-0.4, -0.2) is 65.0 Å². The molecule has 1 aliphatic heterocycles. The van der Waals surface area contributed by atoms with Gasteiger partial charge in [-0.3, -0.25) is 19.4 Å². The molecule has 2 aromatic rings. The summed E-state index contributed by atoms with van der Waals surface area (Å²) >= 11 is 0. The standard InChI is InChI=1S/C29H40N6O3/c1-20-10-8-13-22(33-20)14-9-15-23(34-26(37)28(2,3)31)25(36)35-17-16-24(30)29(19-35,27(38)32-4)18-21-11-6-5-7-12-21/h5-8,10-13,23,30H,9,14-19,31H2,1-4H3,(H,32,38)(H,34,37)/t23-,29-/m1/s1. The quantitative estimate of drug-likeness (QED) is 0.380. The summed E-state index contributed by atoms with van der Waals surface area (Å²) in [4.78, 5) is 46.0. The second-order valence-corrected chi connectivity index (χ2v) is 10.7. The summed E-state index contributed by atoms with van der Waals surface area (Å²) in [6, 6.07) is 14.6. The summed E-state index contributed by atoms with van der Waals surface area (Å²) < 4.78 is 0. The van der Waals surface area contributed by atoms with Gasteiger partial charge in [0.15, 0.2) is 0 Å². The van der Waals surface area contributed by atoms with Crippen LogP contribution in [0.1, 0.15) is 50.1 Å². The monoisotopic (exact) mass is 520 g/mol. The number of rotatable bonds is 10. The van der Waals surface area contributed by atoms with E-state index in [1.165, 1.54) is 0 Å². The predicted molar refractivity (Wildman–Crippen MR) is 148 cm³/mol. The van der Waals surface area contributed by atoms with E-state index in [0.717, 1.165) is 17.0 Å². The Hall–Kier alpha value is -3.59. The van der Waals surface area contributed by atoms with Crippen molar-refractivity contribution in [2.75, 3.05) is 20.1 Å². The number of aromatic nitrogens is 1. The van der Waals surface area contributed by atoms with Gasteiger partial charge in [-0.1, -0.05) is 36.4 Å². The number of hydrogen-bond acceptors (Lipinski definition) is 6. The number of likely N-dealkylation sites (tertiary alicyclic amines) is 1. The van der Waals surface area contributed by atoms with Gasteiger partial charge >= 0.3 is 0 Å². The summed E-state index contributed by atoms with van der Waals surface area (Å²) in [5.41, 5.74) is 6.75. The van der Waals surface area contributed by atoms with Crippen molar-refractivity contribution in [1.29, 1.82) is 5.41 Å². The molecule has 5 N–H and O–H groups in total. The molecular formula is C29H40N6O3. The normalized spacial score (nSPS) is 18.6. The number of piperidine rings is 1. The van der Waals surface area contributed by atoms with Crippen molar-refractivity contribution in [3.8, 4) is 0 Å². The topological polar surface area (TPSA) is 141 Å². The zero-order valence-electron chi connectivity index (χ0n) is 22.8. The van der Waals surface area contributed by atoms with Gasteiger partial charge in [-0.2, -0.15) is 0 Å². The maximum Gasteiger partial charge on any atom is 0.245 e. The number of nitrogens with zero attached hydrogens (tertiary/aromatic N) is 2. The zero-order valence-corrected chi connectivity index (χ0v) is 22.8. The molecule has 1 aromatic heterocycles. The summed E-state index contributed by atoms with van der Waals surface area (Å²) in [6.07, 6.45) is 2.28. The highest BCUT2D eigenvalue weighted by Gasteiger charge is 2.48. The fourth-order valence-electron chi connectivity index (χ4n) is 4.86. The minimum atomic E-state index is -1.18. The average molecular weight is 521 g/mol. The first kappa shape index (κ1) is 29.0. The number of nitrogens with one attached hydrogen (secondary N) is 3. The molecule has 3 amide bonds. The summed E-state index contributed by atoms with van der Waals surface area (Å²) in [5, 5.41) is 14.3. The molecule has 0 bridgehead atoms. The van der Waals surface area contributed by atoms with Crippen LogP contribution in [0.15, 0.2) is 48.5 Å². The van der Waals surface area contributed by atoms with Crippen LogP contribution >= 0.6 is 0 Å². The number of carbonyl (C=O) groups is 3. The number of nitrogens with two attached hydrogens (primary N) is 1. The van der Waals surface area contributed by atoms with Crippen LogP contribution < -0.4 is 16.4 Å². The van der Waals surface area contributed by atoms with E-state index < -0.39 is 22.9 Å². The molecule has 1 saturated heterocycles. The van der Waals surface area contributed by atoms with Crippen LogP contribution in [0.3, 0.4) is 0 Å². The molecule has 204 valence electrons. The molecule has 0 saturated carbocycles. The van der Waals surface area contributed by atoms with Crippen molar-refractivity contribution in [3.05, 3.63) is 65.5 Å². The Morgan fingerprint density at radius 1 is 1.16 bits per heavy atom. The van der Waals surface area contributed by atoms with Gasteiger partial charge in [-0.15, -0.1) is 0 Å². The third kappa shape index (κ3) is 7.04. The second-order valence-electron chi connectivity index (χ2n) is 10.7. The lowest BCUT2D eigenvalue weighted by atomic mass is 9.72. The van der Waals surface area contributed by atoms with Crippen molar-refractivity contribution in [2.24, 2.45) is 11.1 Å². The van der Waals surface area contributed by atoms with Gasteiger partial charge in [0.25, 0.3) is 0 Å². The van der Waals surface area contributed by atoms with Crippen LogP contribution in [0.4, 0.5) is 0 Å². The Kier molecular flexibility index (Phi) is 9.38. The highest BCUT2D eigenvalue weighted by molar-refractivity contribution is 6.09. The molecule has 9 heteroatoms. The van der Waals surface area contributed by atoms with Crippen LogP contribution in [0, 0.1) is 17.7 Å². The van der Waals surface area contributed by atoms with E-state index in [1.807, 2.05) is 55.5 Å². The third-order valence-corrected chi connectivity index (χ3v) is 7.05. The number of hydrogen-bond donors (Lipinski definition) is 4. The van der Waals surface area contributed by atoms with E-state index >= 15 is 0 Å². The van der Waals surface area contributed by atoms with Crippen LogP contribution in [0.5, 0.6) is 0 Å². The summed E-state index contributed by atoms with van der Waals surface area (Å²) in [5.74, 6) is -0.983. The SMILES string of the molecule is CNC(=O)[C@]1(Cc2ccccc2)CN(C(=O)[C@@H](CCCc2cccc(C)n2)NC(=O)C(C)(C)N)CCC1=N. The van der Waals surface area contributed by atoms with Gasteiger partial charge in [0.05, 0.1) is 5.54 Å². The molecule has 38 heavy (non-hydrogen) atoms. The van der Waals surface area contributed by atoms with Gasteiger partial charge in [0.2, 0.25) is 17.7 Å². The van der Waals surface area contributed by atoms with E-state index in [1.54, 1.807) is 25.8 Å². The fourth-order valence-corrected chi connectivity index (χ4v) is 4.86. The van der Waals surface area contributed by atoms with Gasteiger partial charge in [-0.25, -0.2) is 0 Å². The van der Waals surface area contributed by atoms with E-state index in [0.29, 0.717) is 37.9 Å². The van der Waals surface area contributed by atoms with Gasteiger partial charge in [0.1, 0.15) is 11.5 Å². The maximum atomic E-state index is 13.9. The molecule has 0 radical (unpaired) electrons. The van der Waals surface area contributed by atoms with E-state index in [9.17, 15) is 14.4 Å². The molecule has 2 atom stereocenters. The molecule has 1 aromatic carbocycles. The highest BCUT2D eigenvalue weighted by atomic mass is 16.2. The minimum absolute atomic E-state index is 0.0665. The fraction of sp³-hybridized carbons (Fsp3) is 0.483. The lowest BCUT2D eigenvalue weighted by molar-refractivity contribution is -0.141. The molecular weight excluding hydrogens is 480 g/mol. The minimum Gasteiger partial charge on any atom is -0.358 e.